The van der Waals surface area contributed by atoms with Crippen molar-refractivity contribution in [3.63, 3.8) is 0 Å². The minimum Gasteiger partial charge on any atom is -0.455 e. The van der Waals surface area contributed by atoms with Gasteiger partial charge in [0.2, 0.25) is 5.91 Å². The normalized spacial score (nSPS) is 15.4. The highest BCUT2D eigenvalue weighted by atomic mass is 35.5. The molecule has 2 amide bonds. The van der Waals surface area contributed by atoms with Gasteiger partial charge in [0.25, 0.3) is 5.91 Å². The molecule has 2 rings (SSSR count). The van der Waals surface area contributed by atoms with Gasteiger partial charge in [-0.3, -0.25) is 14.4 Å². The third-order valence-corrected chi connectivity index (χ3v) is 4.97. The van der Waals surface area contributed by atoms with Gasteiger partial charge in [0.05, 0.1) is 5.92 Å². The number of amides is 2. The highest BCUT2D eigenvalue weighted by Crippen LogP contribution is 2.24. The fourth-order valence-corrected chi connectivity index (χ4v) is 3.10. The summed E-state index contributed by atoms with van der Waals surface area (Å²) in [5.74, 6) is -1.00. The Hall–Kier alpha value is -2.08. The van der Waals surface area contributed by atoms with Gasteiger partial charge < -0.3 is 15.0 Å². The third-order valence-electron chi connectivity index (χ3n) is 4.56. The molecular weight excluding hydrogens is 368 g/mol. The summed E-state index contributed by atoms with van der Waals surface area (Å²) in [6, 6.07) is 5.19. The van der Waals surface area contributed by atoms with Gasteiger partial charge >= 0.3 is 5.97 Å². The zero-order chi connectivity index (χ0) is 20.2. The van der Waals surface area contributed by atoms with E-state index >= 15 is 0 Å². The molecule has 1 fully saturated rings. The molecule has 7 heteroatoms. The van der Waals surface area contributed by atoms with Gasteiger partial charge in [-0.25, -0.2) is 0 Å². The molecule has 0 radical (unpaired) electrons. The van der Waals surface area contributed by atoms with Gasteiger partial charge in [-0.15, -0.1) is 0 Å². The molecule has 0 atom stereocenters. The molecular formula is C20H27ClN2O4. The largest absolute Gasteiger partial charge is 0.455 e. The van der Waals surface area contributed by atoms with Crippen LogP contribution in [0, 0.1) is 18.3 Å². The van der Waals surface area contributed by atoms with Crippen LogP contribution in [0.4, 0.5) is 5.69 Å². The molecule has 148 valence electrons. The molecule has 1 N–H and O–H groups in total. The van der Waals surface area contributed by atoms with E-state index in [4.69, 9.17) is 16.3 Å². The van der Waals surface area contributed by atoms with E-state index in [0.29, 0.717) is 36.6 Å². The Morgan fingerprint density at radius 3 is 2.41 bits per heavy atom. The molecule has 1 aliphatic rings. The van der Waals surface area contributed by atoms with Crippen LogP contribution in [-0.2, 0) is 19.1 Å². The third kappa shape index (κ3) is 5.96. The van der Waals surface area contributed by atoms with E-state index in [1.165, 1.54) is 0 Å². The highest BCUT2D eigenvalue weighted by Gasteiger charge is 2.33. The summed E-state index contributed by atoms with van der Waals surface area (Å²) >= 11 is 6.02. The monoisotopic (exact) mass is 394 g/mol. The van der Waals surface area contributed by atoms with E-state index in [1.54, 1.807) is 23.1 Å². The van der Waals surface area contributed by atoms with Crippen LogP contribution < -0.4 is 5.32 Å². The van der Waals surface area contributed by atoms with Crippen molar-refractivity contribution in [3.05, 3.63) is 28.8 Å². The second-order valence-electron chi connectivity index (χ2n) is 7.94. The Morgan fingerprint density at radius 2 is 1.85 bits per heavy atom. The number of anilines is 1. The molecule has 27 heavy (non-hydrogen) atoms. The number of hydrogen-bond donors (Lipinski definition) is 1. The Kier molecular flexibility index (Phi) is 6.87. The van der Waals surface area contributed by atoms with Crippen LogP contribution in [0.5, 0.6) is 0 Å². The standard InChI is InChI=1S/C20H27ClN2O4/c1-13-5-6-15(11-16(13)21)22-17(24)12-27-18(25)14-7-9-23(10-8-14)19(26)20(2,3)4/h5-6,11,14H,7-10,12H2,1-4H3,(H,22,24). The van der Waals surface area contributed by atoms with E-state index in [2.05, 4.69) is 5.32 Å². The fraction of sp³-hybridized carbons (Fsp3) is 0.550. The van der Waals surface area contributed by atoms with Crippen molar-refractivity contribution in [1.29, 1.82) is 0 Å². The lowest BCUT2D eigenvalue weighted by molar-refractivity contribution is -0.155. The summed E-state index contributed by atoms with van der Waals surface area (Å²) in [7, 11) is 0. The van der Waals surface area contributed by atoms with Crippen LogP contribution in [0.2, 0.25) is 5.02 Å². The summed E-state index contributed by atoms with van der Waals surface area (Å²) in [5, 5.41) is 3.21. The number of ether oxygens (including phenoxy) is 1. The van der Waals surface area contributed by atoms with Crippen molar-refractivity contribution in [1.82, 2.24) is 4.90 Å². The first kappa shape index (κ1) is 21.2. The molecule has 6 nitrogen and oxygen atoms in total. The number of hydrogen-bond acceptors (Lipinski definition) is 4. The lowest BCUT2D eigenvalue weighted by atomic mass is 9.91. The number of piperidine rings is 1. The highest BCUT2D eigenvalue weighted by molar-refractivity contribution is 6.31. The molecule has 0 unspecified atom stereocenters. The SMILES string of the molecule is Cc1ccc(NC(=O)COC(=O)C2CCN(C(=O)C(C)(C)C)CC2)cc1Cl. The summed E-state index contributed by atoms with van der Waals surface area (Å²) in [6.45, 7) is 8.25. The molecule has 1 aromatic carbocycles. The van der Waals surface area contributed by atoms with Gasteiger partial charge in [0, 0.05) is 29.2 Å². The molecule has 0 bridgehead atoms. The number of carbonyl (C=O) groups is 3. The van der Waals surface area contributed by atoms with E-state index in [0.717, 1.165) is 5.56 Å². The molecule has 1 saturated heterocycles. The van der Waals surface area contributed by atoms with Gasteiger partial charge in [-0.2, -0.15) is 0 Å². The number of benzene rings is 1. The van der Waals surface area contributed by atoms with Crippen molar-refractivity contribution >= 4 is 35.1 Å². The zero-order valence-corrected chi connectivity index (χ0v) is 17.1. The van der Waals surface area contributed by atoms with Crippen molar-refractivity contribution in [2.45, 2.75) is 40.5 Å². The number of nitrogens with zero attached hydrogens (tertiary/aromatic N) is 1. The van der Waals surface area contributed by atoms with Crippen molar-refractivity contribution in [2.24, 2.45) is 11.3 Å². The predicted molar refractivity (Wildman–Crippen MR) is 105 cm³/mol. The van der Waals surface area contributed by atoms with Crippen LogP contribution in [0.1, 0.15) is 39.2 Å². The second kappa shape index (κ2) is 8.74. The molecule has 0 saturated carbocycles. The molecule has 1 heterocycles. The van der Waals surface area contributed by atoms with E-state index < -0.39 is 17.3 Å². The Morgan fingerprint density at radius 1 is 1.22 bits per heavy atom. The van der Waals surface area contributed by atoms with Gasteiger partial charge in [-0.1, -0.05) is 38.4 Å². The molecule has 0 aliphatic carbocycles. The van der Waals surface area contributed by atoms with Crippen LogP contribution in [0.25, 0.3) is 0 Å². The maximum absolute atomic E-state index is 12.3. The minimum absolute atomic E-state index is 0.0884. The van der Waals surface area contributed by atoms with E-state index in [9.17, 15) is 14.4 Å². The number of rotatable bonds is 4. The maximum atomic E-state index is 12.3. The number of aryl methyl sites for hydroxylation is 1. The first-order valence-electron chi connectivity index (χ1n) is 9.10. The lowest BCUT2D eigenvalue weighted by Gasteiger charge is -2.34. The second-order valence-corrected chi connectivity index (χ2v) is 8.34. The quantitative estimate of drug-likeness (QED) is 0.794. The van der Waals surface area contributed by atoms with Crippen molar-refractivity contribution in [2.75, 3.05) is 25.0 Å². The Labute approximate surface area is 165 Å². The minimum atomic E-state index is -0.426. The van der Waals surface area contributed by atoms with Gasteiger partial charge in [-0.05, 0) is 37.5 Å². The first-order valence-corrected chi connectivity index (χ1v) is 9.47. The summed E-state index contributed by atoms with van der Waals surface area (Å²) in [6.07, 6.45) is 1.10. The zero-order valence-electron chi connectivity index (χ0n) is 16.3. The predicted octanol–water partition coefficient (Wildman–Crippen LogP) is 3.41. The van der Waals surface area contributed by atoms with E-state index in [-0.39, 0.29) is 18.4 Å². The number of carbonyl (C=O) groups excluding carboxylic acids is 3. The van der Waals surface area contributed by atoms with E-state index in [1.807, 2.05) is 27.7 Å². The van der Waals surface area contributed by atoms with Gasteiger partial charge in [0.15, 0.2) is 6.61 Å². The van der Waals surface area contributed by atoms with Crippen molar-refractivity contribution < 1.29 is 19.1 Å². The van der Waals surface area contributed by atoms with Crippen LogP contribution in [0.3, 0.4) is 0 Å². The Bertz CT molecular complexity index is 719. The summed E-state index contributed by atoms with van der Waals surface area (Å²) < 4.78 is 5.15. The molecule has 0 spiro atoms. The smallest absolute Gasteiger partial charge is 0.309 e. The van der Waals surface area contributed by atoms with Crippen LogP contribution >= 0.6 is 11.6 Å². The average Bonchev–Trinajstić information content (AvgIpc) is 2.61. The molecule has 1 aliphatic heterocycles. The molecule has 1 aromatic rings. The van der Waals surface area contributed by atoms with Crippen LogP contribution in [0.15, 0.2) is 18.2 Å². The topological polar surface area (TPSA) is 75.7 Å². The maximum Gasteiger partial charge on any atom is 0.309 e. The fourth-order valence-electron chi connectivity index (χ4n) is 2.91. The molecule has 0 aromatic heterocycles. The lowest BCUT2D eigenvalue weighted by Crippen LogP contribution is -2.45. The summed E-state index contributed by atoms with van der Waals surface area (Å²) in [4.78, 5) is 38.2. The average molecular weight is 395 g/mol. The number of likely N-dealkylation sites (tertiary alicyclic amines) is 1. The number of esters is 1. The first-order chi connectivity index (χ1) is 12.6. The van der Waals surface area contributed by atoms with Crippen LogP contribution in [-0.4, -0.2) is 42.4 Å². The van der Waals surface area contributed by atoms with Crippen molar-refractivity contribution in [3.8, 4) is 0 Å². The Balaban J connectivity index is 1.77. The number of halogens is 1. The number of nitrogens with one attached hydrogen (secondary N) is 1. The summed E-state index contributed by atoms with van der Waals surface area (Å²) in [5.41, 5.74) is 1.04. The van der Waals surface area contributed by atoms with Gasteiger partial charge in [0.1, 0.15) is 0 Å².